The van der Waals surface area contributed by atoms with Gasteiger partial charge in [0.1, 0.15) is 6.04 Å². The van der Waals surface area contributed by atoms with Crippen molar-refractivity contribution in [3.8, 4) is 0 Å². The Hall–Kier alpha value is -1.59. The van der Waals surface area contributed by atoms with Crippen LogP contribution < -0.4 is 10.6 Å². The molecule has 1 aromatic rings. The Morgan fingerprint density at radius 3 is 2.70 bits per heavy atom. The third-order valence-corrected chi connectivity index (χ3v) is 4.50. The molecule has 1 aliphatic heterocycles. The van der Waals surface area contributed by atoms with Gasteiger partial charge in [-0.3, -0.25) is 9.59 Å². The largest absolute Gasteiger partial charge is 0.332 e. The van der Waals surface area contributed by atoms with E-state index in [1.165, 1.54) is 4.90 Å². The molecule has 1 fully saturated rings. The molecule has 0 radical (unpaired) electrons. The Bertz CT molecular complexity index is 591. The second-order valence-electron chi connectivity index (χ2n) is 6.43. The fourth-order valence-corrected chi connectivity index (χ4v) is 3.20. The number of nitrogens with two attached hydrogens (primary N) is 1. The van der Waals surface area contributed by atoms with Crippen LogP contribution >= 0.6 is 11.6 Å². The van der Waals surface area contributed by atoms with Crippen LogP contribution in [0.2, 0.25) is 5.02 Å². The second kappa shape index (κ2) is 7.32. The maximum absolute atomic E-state index is 12.7. The predicted molar refractivity (Wildman–Crippen MR) is 92.4 cm³/mol. The number of halogens is 1. The van der Waals surface area contributed by atoms with Gasteiger partial charge in [-0.05, 0) is 30.9 Å². The Labute approximate surface area is 142 Å². The molecule has 126 valence electrons. The van der Waals surface area contributed by atoms with Gasteiger partial charge in [0.15, 0.2) is 0 Å². The van der Waals surface area contributed by atoms with Crippen LogP contribution in [0.4, 0.5) is 5.69 Å². The van der Waals surface area contributed by atoms with Gasteiger partial charge < -0.3 is 15.5 Å². The number of nitrogens with zero attached hydrogens (tertiary/aromatic N) is 2. The SMILES string of the molecule is CC(C)C[C@H](N)C(=O)N(C)C1CCN(c2ccccc2Cl)C1=O. The first-order chi connectivity index (χ1) is 10.8. The van der Waals surface area contributed by atoms with Crippen molar-refractivity contribution in [1.82, 2.24) is 4.90 Å². The number of para-hydroxylation sites is 1. The van der Waals surface area contributed by atoms with Gasteiger partial charge in [-0.1, -0.05) is 37.6 Å². The summed E-state index contributed by atoms with van der Waals surface area (Å²) in [5, 5.41) is 0.534. The van der Waals surface area contributed by atoms with Crippen LogP contribution in [0.3, 0.4) is 0 Å². The number of hydrogen-bond acceptors (Lipinski definition) is 3. The summed E-state index contributed by atoms with van der Waals surface area (Å²) < 4.78 is 0. The Morgan fingerprint density at radius 2 is 2.09 bits per heavy atom. The normalized spacial score (nSPS) is 19.3. The highest BCUT2D eigenvalue weighted by Crippen LogP contribution is 2.30. The molecule has 0 bridgehead atoms. The summed E-state index contributed by atoms with van der Waals surface area (Å²) >= 11 is 6.17. The molecule has 0 aromatic heterocycles. The Balaban J connectivity index is 2.09. The summed E-state index contributed by atoms with van der Waals surface area (Å²) in [6, 6.07) is 6.19. The number of amides is 2. The highest BCUT2D eigenvalue weighted by molar-refractivity contribution is 6.34. The predicted octanol–water partition coefficient (Wildman–Crippen LogP) is 2.28. The molecular formula is C17H24ClN3O2. The average Bonchev–Trinajstić information content (AvgIpc) is 2.87. The van der Waals surface area contributed by atoms with E-state index in [1.54, 1.807) is 18.0 Å². The molecule has 2 atom stereocenters. The molecule has 1 heterocycles. The zero-order valence-electron chi connectivity index (χ0n) is 13.8. The van der Waals surface area contributed by atoms with E-state index in [0.29, 0.717) is 36.0 Å². The highest BCUT2D eigenvalue weighted by Gasteiger charge is 2.38. The maximum Gasteiger partial charge on any atom is 0.249 e. The monoisotopic (exact) mass is 337 g/mol. The van der Waals surface area contributed by atoms with Crippen molar-refractivity contribution in [2.75, 3.05) is 18.5 Å². The zero-order valence-corrected chi connectivity index (χ0v) is 14.6. The smallest absolute Gasteiger partial charge is 0.249 e. The summed E-state index contributed by atoms with van der Waals surface area (Å²) in [5.74, 6) is 0.0463. The third kappa shape index (κ3) is 3.85. The van der Waals surface area contributed by atoms with Crippen LogP contribution in [0.15, 0.2) is 24.3 Å². The number of rotatable bonds is 5. The number of benzene rings is 1. The summed E-state index contributed by atoms with van der Waals surface area (Å²) in [5.41, 5.74) is 6.65. The van der Waals surface area contributed by atoms with Crippen LogP contribution in [0, 0.1) is 5.92 Å². The maximum atomic E-state index is 12.7. The van der Waals surface area contributed by atoms with E-state index >= 15 is 0 Å². The minimum Gasteiger partial charge on any atom is -0.332 e. The van der Waals surface area contributed by atoms with E-state index in [9.17, 15) is 9.59 Å². The van der Waals surface area contributed by atoms with Crippen LogP contribution in [0.1, 0.15) is 26.7 Å². The Kier molecular flexibility index (Phi) is 5.65. The molecule has 0 aliphatic carbocycles. The number of hydrogen-bond donors (Lipinski definition) is 1. The number of carbonyl (C=O) groups excluding carboxylic acids is 2. The molecular weight excluding hydrogens is 314 g/mol. The van der Waals surface area contributed by atoms with Crippen LogP contribution in [-0.2, 0) is 9.59 Å². The van der Waals surface area contributed by atoms with Crippen molar-refractivity contribution in [1.29, 1.82) is 0 Å². The fourth-order valence-electron chi connectivity index (χ4n) is 2.96. The van der Waals surface area contributed by atoms with E-state index in [4.69, 9.17) is 17.3 Å². The number of carbonyl (C=O) groups is 2. The van der Waals surface area contributed by atoms with Gasteiger partial charge in [-0.2, -0.15) is 0 Å². The lowest BCUT2D eigenvalue weighted by atomic mass is 10.0. The molecule has 23 heavy (non-hydrogen) atoms. The lowest BCUT2D eigenvalue weighted by Gasteiger charge is -2.27. The van der Waals surface area contributed by atoms with Crippen LogP contribution in [-0.4, -0.2) is 42.4 Å². The minimum absolute atomic E-state index is 0.106. The van der Waals surface area contributed by atoms with Gasteiger partial charge in [0.2, 0.25) is 11.8 Å². The standard InChI is InChI=1S/C17H24ClN3O2/c1-11(2)10-13(19)16(22)20(3)15-8-9-21(17(15)23)14-7-5-4-6-12(14)18/h4-7,11,13,15H,8-10,19H2,1-3H3/t13-,15?/m0/s1. The first-order valence-corrected chi connectivity index (χ1v) is 8.29. The summed E-state index contributed by atoms with van der Waals surface area (Å²) in [4.78, 5) is 28.2. The first-order valence-electron chi connectivity index (χ1n) is 7.91. The molecule has 6 heteroatoms. The molecule has 2 N–H and O–H groups in total. The topological polar surface area (TPSA) is 66.6 Å². The molecule has 1 aromatic carbocycles. The van der Waals surface area contributed by atoms with E-state index in [0.717, 1.165) is 0 Å². The van der Waals surface area contributed by atoms with Crippen molar-refractivity contribution < 1.29 is 9.59 Å². The number of anilines is 1. The fraction of sp³-hybridized carbons (Fsp3) is 0.529. The van der Waals surface area contributed by atoms with E-state index in [1.807, 2.05) is 32.0 Å². The molecule has 1 unspecified atom stereocenters. The van der Waals surface area contributed by atoms with E-state index < -0.39 is 12.1 Å². The van der Waals surface area contributed by atoms with Crippen molar-refractivity contribution in [2.45, 2.75) is 38.8 Å². The third-order valence-electron chi connectivity index (χ3n) is 4.18. The molecule has 1 saturated heterocycles. The Morgan fingerprint density at radius 1 is 1.43 bits per heavy atom. The van der Waals surface area contributed by atoms with E-state index in [2.05, 4.69) is 0 Å². The summed E-state index contributed by atoms with van der Waals surface area (Å²) in [6.45, 7) is 4.59. The van der Waals surface area contributed by atoms with Gasteiger partial charge in [0.05, 0.1) is 16.8 Å². The number of likely N-dealkylation sites (N-methyl/N-ethyl adjacent to an activating group) is 1. The van der Waals surface area contributed by atoms with Crippen molar-refractivity contribution in [3.63, 3.8) is 0 Å². The van der Waals surface area contributed by atoms with Gasteiger partial charge in [-0.25, -0.2) is 0 Å². The molecule has 0 saturated carbocycles. The lowest BCUT2D eigenvalue weighted by molar-refractivity contribution is -0.138. The molecule has 5 nitrogen and oxygen atoms in total. The lowest BCUT2D eigenvalue weighted by Crippen LogP contribution is -2.49. The van der Waals surface area contributed by atoms with Gasteiger partial charge in [-0.15, -0.1) is 0 Å². The van der Waals surface area contributed by atoms with Gasteiger partial charge in [0.25, 0.3) is 0 Å². The molecule has 2 amide bonds. The van der Waals surface area contributed by atoms with Gasteiger partial charge >= 0.3 is 0 Å². The molecule has 1 aliphatic rings. The summed E-state index contributed by atoms with van der Waals surface area (Å²) in [6.07, 6.45) is 1.19. The zero-order chi connectivity index (χ0) is 17.1. The van der Waals surface area contributed by atoms with Gasteiger partial charge in [0, 0.05) is 13.6 Å². The highest BCUT2D eigenvalue weighted by atomic mass is 35.5. The minimum atomic E-state index is -0.567. The van der Waals surface area contributed by atoms with Crippen molar-refractivity contribution in [3.05, 3.63) is 29.3 Å². The van der Waals surface area contributed by atoms with Crippen LogP contribution in [0.25, 0.3) is 0 Å². The van der Waals surface area contributed by atoms with E-state index in [-0.39, 0.29) is 11.8 Å². The molecule has 2 rings (SSSR count). The average molecular weight is 338 g/mol. The second-order valence-corrected chi connectivity index (χ2v) is 6.84. The first kappa shape index (κ1) is 17.8. The van der Waals surface area contributed by atoms with Crippen molar-refractivity contribution in [2.24, 2.45) is 11.7 Å². The summed E-state index contributed by atoms with van der Waals surface area (Å²) in [7, 11) is 1.65. The quantitative estimate of drug-likeness (QED) is 0.896. The van der Waals surface area contributed by atoms with Crippen molar-refractivity contribution >= 4 is 29.1 Å². The van der Waals surface area contributed by atoms with Crippen LogP contribution in [0.5, 0.6) is 0 Å². The molecule has 0 spiro atoms.